The maximum absolute atomic E-state index is 12.4. The van der Waals surface area contributed by atoms with Crippen LogP contribution in [0.4, 0.5) is 0 Å². The van der Waals surface area contributed by atoms with Gasteiger partial charge in [-0.1, -0.05) is 189 Å². The average Bonchev–Trinajstić information content (AvgIpc) is 3.28. The fourth-order valence-electron chi connectivity index (χ4n) is 6.81. The fourth-order valence-corrected chi connectivity index (χ4v) is 7.58. The van der Waals surface area contributed by atoms with Crippen molar-refractivity contribution in [1.82, 2.24) is 5.32 Å². The molecule has 0 rings (SSSR count). The first-order valence-corrected chi connectivity index (χ1v) is 27.0. The molecule has 0 aromatic heterocycles. The topological polar surface area (TPSA) is 169 Å². The Kier molecular flexibility index (Phi) is 45.2. The SMILES string of the molecule is CC/C=C\C/C=C\C/C=C\C/C=C\C/C=C\CCCCCCCCCC(=O)NC(COP(=O)(O)OCC(O)COC(=O)CCCCCCCCC/C=C\CCCCCCCCC)C(=O)O. The number of nitrogens with one attached hydrogen (secondary N) is 1. The standard InChI is InChI=1S/C53H92NO10P/c1-3-5-7-9-11-13-15-17-19-21-23-24-25-26-27-28-30-32-34-36-38-40-42-44-51(56)54-50(53(58)59)48-64-65(60,61)63-47-49(55)46-62-52(57)45-43-41-39-37-35-33-31-29-22-20-18-16-14-12-10-8-6-4-2/h5,7,11,13,17,19-20,22-24,26-27,49-50,55H,3-4,6,8-10,12,14-16,18,21,25,28-48H2,1-2H3,(H,54,56)(H,58,59)(H,60,61)/b7-5-,13-11-,19-17-,22-20-,24-23-,27-26-. The van der Waals surface area contributed by atoms with Gasteiger partial charge in [-0.05, 0) is 83.5 Å². The smallest absolute Gasteiger partial charge is 0.472 e. The highest BCUT2D eigenvalue weighted by Gasteiger charge is 2.28. The van der Waals surface area contributed by atoms with Gasteiger partial charge >= 0.3 is 19.8 Å². The fraction of sp³-hybridized carbons (Fsp3) is 0.717. The van der Waals surface area contributed by atoms with Crippen molar-refractivity contribution >= 4 is 25.7 Å². The van der Waals surface area contributed by atoms with E-state index in [-0.39, 0.29) is 12.8 Å². The quantitative estimate of drug-likeness (QED) is 0.0199. The van der Waals surface area contributed by atoms with Crippen LogP contribution in [0.5, 0.6) is 0 Å². The van der Waals surface area contributed by atoms with E-state index in [1.807, 2.05) is 0 Å². The molecule has 0 aliphatic carbocycles. The number of carboxylic acid groups (broad SMARTS) is 1. The van der Waals surface area contributed by atoms with Crippen molar-refractivity contribution in [2.45, 2.75) is 225 Å². The lowest BCUT2D eigenvalue weighted by Gasteiger charge is -2.18. The van der Waals surface area contributed by atoms with Gasteiger partial charge in [0, 0.05) is 12.8 Å². The Morgan fingerprint density at radius 2 is 0.892 bits per heavy atom. The largest absolute Gasteiger partial charge is 0.480 e. The predicted molar refractivity (Wildman–Crippen MR) is 268 cm³/mol. The molecule has 0 radical (unpaired) electrons. The molecule has 12 heteroatoms. The van der Waals surface area contributed by atoms with Crippen LogP contribution < -0.4 is 5.32 Å². The number of ether oxygens (including phenoxy) is 1. The molecule has 11 nitrogen and oxygen atoms in total. The Morgan fingerprint density at radius 3 is 1.35 bits per heavy atom. The summed E-state index contributed by atoms with van der Waals surface area (Å²) in [6, 6.07) is -1.56. The van der Waals surface area contributed by atoms with E-state index in [9.17, 15) is 34.1 Å². The summed E-state index contributed by atoms with van der Waals surface area (Å²) < 4.78 is 26.9. The minimum Gasteiger partial charge on any atom is -0.480 e. The summed E-state index contributed by atoms with van der Waals surface area (Å²) in [6.07, 6.45) is 57.7. The van der Waals surface area contributed by atoms with E-state index in [0.29, 0.717) is 12.8 Å². The number of phosphoric ester groups is 1. The number of rotatable bonds is 47. The molecule has 0 saturated heterocycles. The van der Waals surface area contributed by atoms with Crippen LogP contribution in [-0.2, 0) is 32.7 Å². The van der Waals surface area contributed by atoms with E-state index >= 15 is 0 Å². The van der Waals surface area contributed by atoms with Crippen LogP contribution in [0.25, 0.3) is 0 Å². The van der Waals surface area contributed by atoms with Crippen LogP contribution in [0.15, 0.2) is 72.9 Å². The lowest BCUT2D eigenvalue weighted by molar-refractivity contribution is -0.147. The van der Waals surface area contributed by atoms with E-state index in [4.69, 9.17) is 13.8 Å². The molecule has 4 N–H and O–H groups in total. The van der Waals surface area contributed by atoms with E-state index < -0.39 is 57.6 Å². The van der Waals surface area contributed by atoms with E-state index in [0.717, 1.165) is 103 Å². The predicted octanol–water partition coefficient (Wildman–Crippen LogP) is 14.1. The van der Waals surface area contributed by atoms with E-state index in [1.165, 1.54) is 70.6 Å². The van der Waals surface area contributed by atoms with E-state index in [1.54, 1.807) is 0 Å². The molecule has 0 bridgehead atoms. The van der Waals surface area contributed by atoms with Crippen molar-refractivity contribution in [1.29, 1.82) is 0 Å². The van der Waals surface area contributed by atoms with Gasteiger partial charge in [0.1, 0.15) is 12.7 Å². The highest BCUT2D eigenvalue weighted by atomic mass is 31.2. The third-order valence-electron chi connectivity index (χ3n) is 10.7. The molecule has 0 aromatic rings. The molecule has 374 valence electrons. The Morgan fingerprint density at radius 1 is 0.508 bits per heavy atom. The number of unbranched alkanes of at least 4 members (excludes halogenated alkanes) is 21. The van der Waals surface area contributed by atoms with Crippen molar-refractivity contribution in [3.05, 3.63) is 72.9 Å². The molecule has 0 aliphatic heterocycles. The number of aliphatic hydroxyl groups excluding tert-OH is 1. The molecule has 3 unspecified atom stereocenters. The van der Waals surface area contributed by atoms with Crippen molar-refractivity contribution in [2.24, 2.45) is 0 Å². The molecule has 65 heavy (non-hydrogen) atoms. The first-order valence-electron chi connectivity index (χ1n) is 25.5. The third kappa shape index (κ3) is 47.2. The molecule has 0 saturated carbocycles. The molecule has 0 fully saturated rings. The summed E-state index contributed by atoms with van der Waals surface area (Å²) in [5.74, 6) is -2.39. The second kappa shape index (κ2) is 47.4. The Balaban J connectivity index is 3.88. The number of aliphatic carboxylic acids is 1. The molecule has 0 heterocycles. The molecule has 0 aliphatic rings. The number of carbonyl (C=O) groups excluding carboxylic acids is 2. The number of hydrogen-bond donors (Lipinski definition) is 4. The van der Waals surface area contributed by atoms with Crippen LogP contribution in [0.1, 0.15) is 213 Å². The van der Waals surface area contributed by atoms with Crippen LogP contribution in [0, 0.1) is 0 Å². The Hall–Kier alpha value is -3.08. The highest BCUT2D eigenvalue weighted by molar-refractivity contribution is 7.47. The number of esters is 1. The number of phosphoric acid groups is 1. The number of carbonyl (C=O) groups is 3. The molecule has 1 amide bonds. The summed E-state index contributed by atoms with van der Waals surface area (Å²) >= 11 is 0. The van der Waals surface area contributed by atoms with Crippen LogP contribution in [0.3, 0.4) is 0 Å². The Bertz CT molecular complexity index is 1370. The first kappa shape index (κ1) is 61.9. The summed E-state index contributed by atoms with van der Waals surface area (Å²) in [4.78, 5) is 46.1. The lowest BCUT2D eigenvalue weighted by Crippen LogP contribution is -2.43. The number of carboxylic acids is 1. The average molecular weight is 934 g/mol. The zero-order chi connectivity index (χ0) is 47.7. The first-order chi connectivity index (χ1) is 31.6. The molecule has 3 atom stereocenters. The lowest BCUT2D eigenvalue weighted by atomic mass is 10.1. The van der Waals surface area contributed by atoms with Crippen LogP contribution >= 0.6 is 7.82 Å². The van der Waals surface area contributed by atoms with Crippen LogP contribution in [0.2, 0.25) is 0 Å². The van der Waals surface area contributed by atoms with Gasteiger partial charge in [0.25, 0.3) is 0 Å². The van der Waals surface area contributed by atoms with Gasteiger partial charge in [0.2, 0.25) is 5.91 Å². The summed E-state index contributed by atoms with van der Waals surface area (Å²) in [5.41, 5.74) is 0. The van der Waals surface area contributed by atoms with Crippen molar-refractivity contribution < 1.29 is 47.8 Å². The van der Waals surface area contributed by atoms with Gasteiger partial charge in [-0.3, -0.25) is 18.6 Å². The van der Waals surface area contributed by atoms with Gasteiger partial charge < -0.3 is 25.2 Å². The highest BCUT2D eigenvalue weighted by Crippen LogP contribution is 2.43. The second-order valence-electron chi connectivity index (χ2n) is 17.0. The number of amides is 1. The normalized spacial score (nSPS) is 14.2. The number of hydrogen-bond acceptors (Lipinski definition) is 8. The van der Waals surface area contributed by atoms with Crippen molar-refractivity contribution in [3.8, 4) is 0 Å². The van der Waals surface area contributed by atoms with Gasteiger partial charge in [-0.15, -0.1) is 0 Å². The third-order valence-corrected chi connectivity index (χ3v) is 11.7. The molecule has 0 aromatic carbocycles. The summed E-state index contributed by atoms with van der Waals surface area (Å²) in [5, 5.41) is 21.9. The summed E-state index contributed by atoms with van der Waals surface area (Å²) in [7, 11) is -4.77. The minimum absolute atomic E-state index is 0.129. The number of allylic oxidation sites excluding steroid dienone is 12. The van der Waals surface area contributed by atoms with Crippen molar-refractivity contribution in [2.75, 3.05) is 19.8 Å². The van der Waals surface area contributed by atoms with Gasteiger partial charge in [0.15, 0.2) is 6.04 Å². The maximum Gasteiger partial charge on any atom is 0.472 e. The molecule has 0 spiro atoms. The molecular weight excluding hydrogens is 842 g/mol. The zero-order valence-electron chi connectivity index (χ0n) is 40.8. The van der Waals surface area contributed by atoms with Gasteiger partial charge in [-0.25, -0.2) is 9.36 Å². The monoisotopic (exact) mass is 934 g/mol. The minimum atomic E-state index is -4.77. The van der Waals surface area contributed by atoms with E-state index in [2.05, 4.69) is 92.1 Å². The Labute approximate surface area is 395 Å². The van der Waals surface area contributed by atoms with Gasteiger partial charge in [-0.2, -0.15) is 0 Å². The zero-order valence-corrected chi connectivity index (χ0v) is 41.7. The van der Waals surface area contributed by atoms with Gasteiger partial charge in [0.05, 0.1) is 13.2 Å². The molecular formula is C53H92NO10P. The number of aliphatic hydroxyl groups is 1. The maximum atomic E-state index is 12.4. The second-order valence-corrected chi connectivity index (χ2v) is 18.4. The van der Waals surface area contributed by atoms with Crippen LogP contribution in [-0.4, -0.2) is 64.9 Å². The summed E-state index contributed by atoms with van der Waals surface area (Å²) in [6.45, 7) is 2.48. The van der Waals surface area contributed by atoms with Crippen molar-refractivity contribution in [3.63, 3.8) is 0 Å².